The van der Waals surface area contributed by atoms with Gasteiger partial charge in [-0.2, -0.15) is 13.2 Å². The zero-order valence-corrected chi connectivity index (χ0v) is 9.66. The summed E-state index contributed by atoms with van der Waals surface area (Å²) in [7, 11) is 0. The van der Waals surface area contributed by atoms with Gasteiger partial charge in [0.15, 0.2) is 0 Å². The maximum atomic E-state index is 12.4. The van der Waals surface area contributed by atoms with E-state index in [4.69, 9.17) is 5.11 Å². The summed E-state index contributed by atoms with van der Waals surface area (Å²) in [5.74, 6) is -1.43. The molecule has 18 heavy (non-hydrogen) atoms. The first-order valence-corrected chi connectivity index (χ1v) is 5.33. The Morgan fingerprint density at radius 1 is 1.44 bits per heavy atom. The van der Waals surface area contributed by atoms with Crippen LogP contribution in [0.1, 0.15) is 35.7 Å². The fraction of sp³-hybridized carbons (Fsp3) is 0.333. The van der Waals surface area contributed by atoms with Gasteiger partial charge in [0.25, 0.3) is 0 Å². The van der Waals surface area contributed by atoms with Crippen LogP contribution in [0.25, 0.3) is 0 Å². The van der Waals surface area contributed by atoms with Crippen LogP contribution >= 0.6 is 0 Å². The standard InChI is InChI=1S/C12H12F3NO2/c1-2-3-6-16-10-5-4-8(12(13,14)15)7-9(10)11(17)18/h4-7H,2-3H2,1H3,(H,17,18). The largest absolute Gasteiger partial charge is 0.478 e. The van der Waals surface area contributed by atoms with Crippen molar-refractivity contribution in [3.63, 3.8) is 0 Å². The molecule has 0 heterocycles. The van der Waals surface area contributed by atoms with Crippen LogP contribution in [0.3, 0.4) is 0 Å². The summed E-state index contributed by atoms with van der Waals surface area (Å²) in [5, 5.41) is 8.87. The molecule has 0 aromatic heterocycles. The SMILES string of the molecule is CCCC=Nc1ccc(C(F)(F)F)cc1C(=O)O. The van der Waals surface area contributed by atoms with Crippen molar-refractivity contribution in [1.29, 1.82) is 0 Å². The molecule has 1 rings (SSSR count). The molecule has 98 valence electrons. The number of rotatable bonds is 4. The maximum absolute atomic E-state index is 12.4. The fourth-order valence-corrected chi connectivity index (χ4v) is 1.29. The molecular weight excluding hydrogens is 247 g/mol. The van der Waals surface area contributed by atoms with Crippen LogP contribution in [-0.2, 0) is 6.18 Å². The lowest BCUT2D eigenvalue weighted by molar-refractivity contribution is -0.137. The zero-order chi connectivity index (χ0) is 13.8. The van der Waals surface area contributed by atoms with Crippen molar-refractivity contribution >= 4 is 17.9 Å². The third-order valence-electron chi connectivity index (χ3n) is 2.20. The van der Waals surface area contributed by atoms with Gasteiger partial charge in [0.05, 0.1) is 16.8 Å². The highest BCUT2D eigenvalue weighted by atomic mass is 19.4. The van der Waals surface area contributed by atoms with Gasteiger partial charge in [-0.05, 0) is 24.6 Å². The molecule has 0 fully saturated rings. The molecule has 0 radical (unpaired) electrons. The lowest BCUT2D eigenvalue weighted by atomic mass is 10.1. The Bertz CT molecular complexity index is 467. The summed E-state index contributed by atoms with van der Waals surface area (Å²) in [6.07, 6.45) is -1.60. The number of benzene rings is 1. The number of aliphatic imine (C=N–C) groups is 1. The first-order chi connectivity index (χ1) is 8.36. The van der Waals surface area contributed by atoms with Gasteiger partial charge in [-0.15, -0.1) is 0 Å². The van der Waals surface area contributed by atoms with E-state index in [1.165, 1.54) is 6.21 Å². The van der Waals surface area contributed by atoms with Crippen LogP contribution in [0.4, 0.5) is 18.9 Å². The molecule has 0 atom stereocenters. The summed E-state index contributed by atoms with van der Waals surface area (Å²) < 4.78 is 37.3. The minimum atomic E-state index is -4.56. The third kappa shape index (κ3) is 3.58. The van der Waals surface area contributed by atoms with Crippen LogP contribution in [0, 0.1) is 0 Å². The van der Waals surface area contributed by atoms with Gasteiger partial charge in [-0.25, -0.2) is 4.79 Å². The van der Waals surface area contributed by atoms with Crippen molar-refractivity contribution in [3.05, 3.63) is 29.3 Å². The third-order valence-corrected chi connectivity index (χ3v) is 2.20. The molecule has 1 N–H and O–H groups in total. The smallest absolute Gasteiger partial charge is 0.416 e. The van der Waals surface area contributed by atoms with E-state index in [-0.39, 0.29) is 5.69 Å². The number of aromatic carboxylic acids is 1. The topological polar surface area (TPSA) is 49.7 Å². The van der Waals surface area contributed by atoms with Gasteiger partial charge in [0.1, 0.15) is 0 Å². The Labute approximate surface area is 102 Å². The highest BCUT2D eigenvalue weighted by Crippen LogP contribution is 2.32. The number of carboxylic acids is 1. The molecule has 0 spiro atoms. The molecule has 0 aliphatic carbocycles. The minimum Gasteiger partial charge on any atom is -0.478 e. The second kappa shape index (κ2) is 5.66. The van der Waals surface area contributed by atoms with Crippen LogP contribution in [0.5, 0.6) is 0 Å². The molecule has 0 amide bonds. The first kappa shape index (κ1) is 14.2. The van der Waals surface area contributed by atoms with Gasteiger partial charge in [0, 0.05) is 6.21 Å². The van der Waals surface area contributed by atoms with Crippen molar-refractivity contribution in [2.24, 2.45) is 4.99 Å². The molecule has 1 aromatic rings. The van der Waals surface area contributed by atoms with Gasteiger partial charge in [0.2, 0.25) is 0 Å². The minimum absolute atomic E-state index is 0.0314. The predicted molar refractivity (Wildman–Crippen MR) is 61.5 cm³/mol. The highest BCUT2D eigenvalue weighted by Gasteiger charge is 2.31. The normalized spacial score (nSPS) is 12.0. The lowest BCUT2D eigenvalue weighted by Gasteiger charge is -2.08. The van der Waals surface area contributed by atoms with Crippen molar-refractivity contribution in [3.8, 4) is 0 Å². The van der Waals surface area contributed by atoms with Gasteiger partial charge < -0.3 is 5.11 Å². The second-order valence-electron chi connectivity index (χ2n) is 3.64. The summed E-state index contributed by atoms with van der Waals surface area (Å²) in [6.45, 7) is 1.91. The van der Waals surface area contributed by atoms with Gasteiger partial charge in [-0.1, -0.05) is 13.3 Å². The number of alkyl halides is 3. The summed E-state index contributed by atoms with van der Waals surface area (Å²) in [5.41, 5.74) is -1.41. The number of halogens is 3. The number of unbranched alkanes of at least 4 members (excludes halogenated alkanes) is 1. The van der Waals surface area contributed by atoms with Gasteiger partial charge in [-0.3, -0.25) is 4.99 Å². The predicted octanol–water partition coefficient (Wildman–Crippen LogP) is 3.91. The van der Waals surface area contributed by atoms with E-state index >= 15 is 0 Å². The molecule has 0 bridgehead atoms. The van der Waals surface area contributed by atoms with E-state index in [0.29, 0.717) is 12.5 Å². The summed E-state index contributed by atoms with van der Waals surface area (Å²) >= 11 is 0. The Hall–Kier alpha value is -1.85. The molecule has 0 saturated carbocycles. The van der Waals surface area contributed by atoms with Crippen molar-refractivity contribution in [1.82, 2.24) is 0 Å². The van der Waals surface area contributed by atoms with E-state index in [1.54, 1.807) is 0 Å². The first-order valence-electron chi connectivity index (χ1n) is 5.33. The molecular formula is C12H12F3NO2. The lowest BCUT2D eigenvalue weighted by Crippen LogP contribution is -2.07. The van der Waals surface area contributed by atoms with E-state index < -0.39 is 23.3 Å². The molecule has 6 heteroatoms. The van der Waals surface area contributed by atoms with E-state index in [0.717, 1.165) is 18.6 Å². The molecule has 3 nitrogen and oxygen atoms in total. The van der Waals surface area contributed by atoms with Crippen LogP contribution in [0.2, 0.25) is 0 Å². The number of nitrogens with zero attached hydrogens (tertiary/aromatic N) is 1. The second-order valence-corrected chi connectivity index (χ2v) is 3.64. The Morgan fingerprint density at radius 2 is 2.11 bits per heavy atom. The van der Waals surface area contributed by atoms with Gasteiger partial charge >= 0.3 is 12.1 Å². The fourth-order valence-electron chi connectivity index (χ4n) is 1.29. The van der Waals surface area contributed by atoms with E-state index in [1.807, 2.05) is 6.92 Å². The Kier molecular flexibility index (Phi) is 4.47. The summed E-state index contributed by atoms with van der Waals surface area (Å²) in [6, 6.07) is 2.49. The van der Waals surface area contributed by atoms with Crippen LogP contribution in [0.15, 0.2) is 23.2 Å². The highest BCUT2D eigenvalue weighted by molar-refractivity contribution is 5.94. The summed E-state index contributed by atoms with van der Waals surface area (Å²) in [4.78, 5) is 14.8. The van der Waals surface area contributed by atoms with Crippen molar-refractivity contribution in [2.45, 2.75) is 25.9 Å². The average molecular weight is 259 g/mol. The number of carboxylic acid groups (broad SMARTS) is 1. The molecule has 1 aromatic carbocycles. The van der Waals surface area contributed by atoms with Crippen LogP contribution in [-0.4, -0.2) is 17.3 Å². The van der Waals surface area contributed by atoms with E-state index in [9.17, 15) is 18.0 Å². The number of hydrogen-bond donors (Lipinski definition) is 1. The molecule has 0 aliphatic rings. The number of hydrogen-bond acceptors (Lipinski definition) is 2. The van der Waals surface area contributed by atoms with Crippen LogP contribution < -0.4 is 0 Å². The monoisotopic (exact) mass is 259 g/mol. The zero-order valence-electron chi connectivity index (χ0n) is 9.66. The molecule has 0 saturated heterocycles. The Balaban J connectivity index is 3.17. The molecule has 0 unspecified atom stereocenters. The average Bonchev–Trinajstić information content (AvgIpc) is 2.28. The van der Waals surface area contributed by atoms with Crippen molar-refractivity contribution < 1.29 is 23.1 Å². The number of carbonyl (C=O) groups is 1. The Morgan fingerprint density at radius 3 is 2.61 bits per heavy atom. The van der Waals surface area contributed by atoms with Crippen molar-refractivity contribution in [2.75, 3.05) is 0 Å². The molecule has 0 aliphatic heterocycles. The van der Waals surface area contributed by atoms with E-state index in [2.05, 4.69) is 4.99 Å². The maximum Gasteiger partial charge on any atom is 0.416 e. The quantitative estimate of drug-likeness (QED) is 0.833.